The van der Waals surface area contributed by atoms with Crippen LogP contribution in [0.2, 0.25) is 0 Å². The minimum atomic E-state index is -0.419. The van der Waals surface area contributed by atoms with E-state index in [4.69, 9.17) is 0 Å². The van der Waals surface area contributed by atoms with Gasteiger partial charge in [-0.1, -0.05) is 6.07 Å². The molecule has 0 spiro atoms. The number of aryl methyl sites for hydroxylation is 1. The molecule has 0 aromatic heterocycles. The van der Waals surface area contributed by atoms with E-state index in [0.717, 1.165) is 17.5 Å². The highest BCUT2D eigenvalue weighted by Crippen LogP contribution is 2.20. The molecule has 0 saturated carbocycles. The van der Waals surface area contributed by atoms with Gasteiger partial charge in [-0.3, -0.25) is 4.79 Å². The molecule has 1 N–H and O–H groups in total. The van der Waals surface area contributed by atoms with E-state index in [0.29, 0.717) is 6.54 Å². The number of hydrogen-bond donors (Lipinski definition) is 1. The van der Waals surface area contributed by atoms with E-state index in [2.05, 4.69) is 5.32 Å². The zero-order valence-electron chi connectivity index (χ0n) is 7.36. The zero-order chi connectivity index (χ0) is 9.42. The van der Waals surface area contributed by atoms with E-state index in [-0.39, 0.29) is 11.5 Å². The van der Waals surface area contributed by atoms with E-state index in [1.807, 2.05) is 6.92 Å². The molecule has 0 unspecified atom stereocenters. The normalized spacial score (nSPS) is 15.1. The Bertz CT molecular complexity index is 373. The summed E-state index contributed by atoms with van der Waals surface area (Å²) in [5, 5.41) is 2.63. The van der Waals surface area contributed by atoms with Crippen LogP contribution in [0.3, 0.4) is 0 Å². The second kappa shape index (κ2) is 2.83. The predicted octanol–water partition coefficient (Wildman–Crippen LogP) is 1.42. The molecular formula is C10H10FNO. The summed E-state index contributed by atoms with van der Waals surface area (Å²) in [5.74, 6) is -0.708. The first-order valence-electron chi connectivity index (χ1n) is 4.26. The van der Waals surface area contributed by atoms with Crippen molar-refractivity contribution in [3.05, 3.63) is 34.6 Å². The quantitative estimate of drug-likeness (QED) is 0.641. The standard InChI is InChI=1S/C10H10FNO/c1-6-2-3-8(11)9-7(6)4-5-12-10(9)13/h2-3H,4-5H2,1H3,(H,12,13). The van der Waals surface area contributed by atoms with Gasteiger partial charge in [0.1, 0.15) is 5.82 Å². The predicted molar refractivity (Wildman–Crippen MR) is 47.2 cm³/mol. The van der Waals surface area contributed by atoms with Crippen LogP contribution in [0.5, 0.6) is 0 Å². The maximum absolute atomic E-state index is 13.2. The van der Waals surface area contributed by atoms with Crippen molar-refractivity contribution in [1.29, 1.82) is 0 Å². The summed E-state index contributed by atoms with van der Waals surface area (Å²) in [6.07, 6.45) is 0.727. The molecule has 0 radical (unpaired) electrons. The Labute approximate surface area is 75.8 Å². The molecule has 68 valence electrons. The Balaban J connectivity index is 2.67. The SMILES string of the molecule is Cc1ccc(F)c2c1CCNC2=O. The molecule has 0 saturated heterocycles. The summed E-state index contributed by atoms with van der Waals surface area (Å²) in [4.78, 5) is 11.3. The van der Waals surface area contributed by atoms with Gasteiger partial charge in [-0.2, -0.15) is 0 Å². The van der Waals surface area contributed by atoms with Gasteiger partial charge in [-0.25, -0.2) is 4.39 Å². The van der Waals surface area contributed by atoms with Gasteiger partial charge in [0.2, 0.25) is 0 Å². The van der Waals surface area contributed by atoms with Crippen molar-refractivity contribution in [2.24, 2.45) is 0 Å². The number of benzene rings is 1. The molecule has 1 aromatic rings. The van der Waals surface area contributed by atoms with Crippen LogP contribution in [-0.2, 0) is 6.42 Å². The number of amides is 1. The third-order valence-electron chi connectivity index (χ3n) is 2.38. The lowest BCUT2D eigenvalue weighted by Crippen LogP contribution is -2.33. The molecule has 0 bridgehead atoms. The van der Waals surface area contributed by atoms with Crippen LogP contribution >= 0.6 is 0 Å². The fourth-order valence-corrected chi connectivity index (χ4v) is 1.68. The van der Waals surface area contributed by atoms with E-state index < -0.39 is 5.82 Å². The molecule has 1 aromatic carbocycles. The molecule has 1 heterocycles. The smallest absolute Gasteiger partial charge is 0.254 e. The average Bonchev–Trinajstić information content (AvgIpc) is 2.12. The number of rotatable bonds is 0. The summed E-state index contributed by atoms with van der Waals surface area (Å²) in [7, 11) is 0. The van der Waals surface area contributed by atoms with Crippen LogP contribution in [0.4, 0.5) is 4.39 Å². The molecule has 2 nitrogen and oxygen atoms in total. The van der Waals surface area contributed by atoms with Crippen LogP contribution < -0.4 is 5.32 Å². The number of carbonyl (C=O) groups excluding carboxylic acids is 1. The summed E-state index contributed by atoms with van der Waals surface area (Å²) >= 11 is 0. The van der Waals surface area contributed by atoms with Crippen molar-refractivity contribution in [2.45, 2.75) is 13.3 Å². The Kier molecular flexibility index (Phi) is 1.79. The number of nitrogens with one attached hydrogen (secondary N) is 1. The number of carbonyl (C=O) groups is 1. The Morgan fingerprint density at radius 2 is 2.23 bits per heavy atom. The maximum atomic E-state index is 13.2. The number of hydrogen-bond acceptors (Lipinski definition) is 1. The van der Waals surface area contributed by atoms with Crippen LogP contribution in [-0.4, -0.2) is 12.5 Å². The summed E-state index contributed by atoms with van der Waals surface area (Å²) in [5.41, 5.74) is 2.07. The first-order valence-corrected chi connectivity index (χ1v) is 4.26. The molecule has 13 heavy (non-hydrogen) atoms. The molecule has 3 heteroatoms. The summed E-state index contributed by atoms with van der Waals surface area (Å²) in [6, 6.07) is 3.06. The monoisotopic (exact) mass is 179 g/mol. The lowest BCUT2D eigenvalue weighted by Gasteiger charge is -2.18. The Morgan fingerprint density at radius 1 is 1.46 bits per heavy atom. The molecule has 1 aliphatic heterocycles. The second-order valence-electron chi connectivity index (χ2n) is 3.22. The van der Waals surface area contributed by atoms with Gasteiger partial charge in [0.15, 0.2) is 0 Å². The van der Waals surface area contributed by atoms with E-state index in [1.54, 1.807) is 6.07 Å². The highest BCUT2D eigenvalue weighted by atomic mass is 19.1. The third-order valence-corrected chi connectivity index (χ3v) is 2.38. The largest absolute Gasteiger partial charge is 0.352 e. The van der Waals surface area contributed by atoms with Crippen molar-refractivity contribution in [2.75, 3.05) is 6.54 Å². The minimum Gasteiger partial charge on any atom is -0.352 e. The van der Waals surface area contributed by atoms with Crippen molar-refractivity contribution in [1.82, 2.24) is 5.32 Å². The topological polar surface area (TPSA) is 29.1 Å². The summed E-state index contributed by atoms with van der Waals surface area (Å²) in [6.45, 7) is 2.51. The van der Waals surface area contributed by atoms with Crippen LogP contribution in [0, 0.1) is 12.7 Å². The highest BCUT2D eigenvalue weighted by molar-refractivity contribution is 5.97. The van der Waals surface area contributed by atoms with Crippen molar-refractivity contribution >= 4 is 5.91 Å². The molecule has 1 amide bonds. The molecule has 1 aliphatic rings. The highest BCUT2D eigenvalue weighted by Gasteiger charge is 2.21. The number of fused-ring (bicyclic) bond motifs is 1. The maximum Gasteiger partial charge on any atom is 0.254 e. The fourth-order valence-electron chi connectivity index (χ4n) is 1.68. The van der Waals surface area contributed by atoms with E-state index in [9.17, 15) is 9.18 Å². The molecule has 2 rings (SSSR count). The third kappa shape index (κ3) is 1.20. The van der Waals surface area contributed by atoms with Gasteiger partial charge in [0.25, 0.3) is 5.91 Å². The molecular weight excluding hydrogens is 169 g/mol. The van der Waals surface area contributed by atoms with Crippen molar-refractivity contribution in [3.8, 4) is 0 Å². The molecule has 0 atom stereocenters. The van der Waals surface area contributed by atoms with Crippen molar-refractivity contribution in [3.63, 3.8) is 0 Å². The Morgan fingerprint density at radius 3 is 2.92 bits per heavy atom. The molecule has 0 aliphatic carbocycles. The van der Waals surface area contributed by atoms with Gasteiger partial charge in [-0.05, 0) is 30.5 Å². The van der Waals surface area contributed by atoms with Crippen molar-refractivity contribution < 1.29 is 9.18 Å². The Hall–Kier alpha value is -1.38. The fraction of sp³-hybridized carbons (Fsp3) is 0.300. The van der Waals surface area contributed by atoms with E-state index in [1.165, 1.54) is 6.07 Å². The zero-order valence-corrected chi connectivity index (χ0v) is 7.36. The van der Waals surface area contributed by atoms with Crippen LogP contribution in [0.1, 0.15) is 21.5 Å². The van der Waals surface area contributed by atoms with Gasteiger partial charge in [-0.15, -0.1) is 0 Å². The van der Waals surface area contributed by atoms with Crippen LogP contribution in [0.15, 0.2) is 12.1 Å². The lowest BCUT2D eigenvalue weighted by molar-refractivity contribution is 0.0941. The minimum absolute atomic E-state index is 0.228. The van der Waals surface area contributed by atoms with Gasteiger partial charge in [0, 0.05) is 6.54 Å². The van der Waals surface area contributed by atoms with Gasteiger partial charge in [0.05, 0.1) is 5.56 Å². The van der Waals surface area contributed by atoms with E-state index >= 15 is 0 Å². The first kappa shape index (κ1) is 8.23. The van der Waals surface area contributed by atoms with Gasteiger partial charge >= 0.3 is 0 Å². The van der Waals surface area contributed by atoms with Crippen LogP contribution in [0.25, 0.3) is 0 Å². The van der Waals surface area contributed by atoms with Gasteiger partial charge < -0.3 is 5.32 Å². The lowest BCUT2D eigenvalue weighted by atomic mass is 9.95. The first-order chi connectivity index (χ1) is 6.20. The average molecular weight is 179 g/mol. The summed E-state index contributed by atoms with van der Waals surface area (Å²) < 4.78 is 13.2. The number of halogens is 1. The second-order valence-corrected chi connectivity index (χ2v) is 3.22. The molecule has 0 fully saturated rings.